The van der Waals surface area contributed by atoms with Gasteiger partial charge < -0.3 is 9.47 Å². The van der Waals surface area contributed by atoms with E-state index in [0.717, 1.165) is 85.4 Å². The number of rotatable bonds is 6. The molecule has 4 saturated carbocycles. The number of hydrogen-bond donors (Lipinski definition) is 0. The van der Waals surface area contributed by atoms with Crippen LogP contribution in [0.2, 0.25) is 0 Å². The molecule has 0 amide bonds. The second-order valence-corrected chi connectivity index (χ2v) is 10.3. The SMILES string of the molecule is CCCOCC1CC2CC1C(C)C2C.COCC1CC2CC1C(C)C2C. The fourth-order valence-electron chi connectivity index (χ4n) is 7.17. The lowest BCUT2D eigenvalue weighted by Crippen LogP contribution is -2.27. The zero-order valence-corrected chi connectivity index (χ0v) is 18.2. The maximum absolute atomic E-state index is 5.70. The van der Waals surface area contributed by atoms with E-state index < -0.39 is 0 Å². The van der Waals surface area contributed by atoms with Crippen molar-refractivity contribution in [3.05, 3.63) is 0 Å². The van der Waals surface area contributed by atoms with Gasteiger partial charge >= 0.3 is 0 Å². The lowest BCUT2D eigenvalue weighted by molar-refractivity contribution is 0.0567. The Balaban J connectivity index is 0.000000152. The predicted octanol–water partition coefficient (Wildman–Crippen LogP) is 5.90. The molecule has 2 heteroatoms. The maximum Gasteiger partial charge on any atom is 0.0497 e. The topological polar surface area (TPSA) is 18.5 Å². The van der Waals surface area contributed by atoms with E-state index in [1.807, 2.05) is 7.11 Å². The summed E-state index contributed by atoms with van der Waals surface area (Å²) in [6.07, 6.45) is 7.01. The Morgan fingerprint density at radius 1 is 0.692 bits per heavy atom. The summed E-state index contributed by atoms with van der Waals surface area (Å²) in [5.41, 5.74) is 0. The summed E-state index contributed by atoms with van der Waals surface area (Å²) in [5, 5.41) is 0. The first kappa shape index (κ1) is 20.6. The van der Waals surface area contributed by atoms with Crippen LogP contribution < -0.4 is 0 Å². The molecule has 0 aliphatic heterocycles. The first-order valence-corrected chi connectivity index (χ1v) is 11.5. The molecule has 4 bridgehead atoms. The molecule has 0 aromatic heterocycles. The normalized spacial score (nSPS) is 48.7. The molecular weight excluding hydrogens is 320 g/mol. The van der Waals surface area contributed by atoms with E-state index in [-0.39, 0.29) is 0 Å². The highest BCUT2D eigenvalue weighted by atomic mass is 16.5. The molecule has 2 nitrogen and oxygen atoms in total. The fraction of sp³-hybridized carbons (Fsp3) is 1.00. The van der Waals surface area contributed by atoms with Gasteiger partial charge in [-0.3, -0.25) is 0 Å². The highest BCUT2D eigenvalue weighted by Crippen LogP contribution is 2.55. The quantitative estimate of drug-likeness (QED) is 0.546. The largest absolute Gasteiger partial charge is 0.384 e. The number of hydrogen-bond acceptors (Lipinski definition) is 2. The summed E-state index contributed by atoms with van der Waals surface area (Å²) in [7, 11) is 1.83. The van der Waals surface area contributed by atoms with Gasteiger partial charge in [-0.1, -0.05) is 34.6 Å². The van der Waals surface area contributed by atoms with Crippen molar-refractivity contribution in [3.8, 4) is 0 Å². The van der Waals surface area contributed by atoms with Crippen LogP contribution >= 0.6 is 0 Å². The Morgan fingerprint density at radius 2 is 1.19 bits per heavy atom. The van der Waals surface area contributed by atoms with Gasteiger partial charge in [-0.2, -0.15) is 0 Å². The van der Waals surface area contributed by atoms with Crippen molar-refractivity contribution in [2.24, 2.45) is 59.2 Å². The van der Waals surface area contributed by atoms with Gasteiger partial charge in [0.15, 0.2) is 0 Å². The average Bonchev–Trinajstić information content (AvgIpc) is 3.35. The molecule has 4 aliphatic carbocycles. The van der Waals surface area contributed by atoms with Crippen LogP contribution in [0.3, 0.4) is 0 Å². The Morgan fingerprint density at radius 3 is 1.58 bits per heavy atom. The van der Waals surface area contributed by atoms with Crippen molar-refractivity contribution in [1.82, 2.24) is 0 Å². The zero-order chi connectivity index (χ0) is 18.8. The summed E-state index contributed by atoms with van der Waals surface area (Å²) in [6, 6.07) is 0. The minimum absolute atomic E-state index is 0.881. The van der Waals surface area contributed by atoms with Crippen molar-refractivity contribution >= 4 is 0 Å². The molecule has 0 aromatic rings. The van der Waals surface area contributed by atoms with E-state index in [4.69, 9.17) is 9.47 Å². The second-order valence-electron chi connectivity index (χ2n) is 10.3. The predicted molar refractivity (Wildman–Crippen MR) is 109 cm³/mol. The minimum Gasteiger partial charge on any atom is -0.384 e. The Hall–Kier alpha value is -0.0800. The van der Waals surface area contributed by atoms with Gasteiger partial charge in [0.2, 0.25) is 0 Å². The lowest BCUT2D eigenvalue weighted by atomic mass is 9.76. The molecule has 0 saturated heterocycles. The van der Waals surface area contributed by atoms with E-state index >= 15 is 0 Å². The van der Waals surface area contributed by atoms with Crippen LogP contribution in [0.25, 0.3) is 0 Å². The highest BCUT2D eigenvalue weighted by Gasteiger charge is 2.49. The summed E-state index contributed by atoms with van der Waals surface area (Å²) < 4.78 is 11.0. The van der Waals surface area contributed by atoms with Crippen molar-refractivity contribution < 1.29 is 9.47 Å². The first-order chi connectivity index (χ1) is 12.5. The van der Waals surface area contributed by atoms with Gasteiger partial charge in [-0.15, -0.1) is 0 Å². The Labute approximate surface area is 162 Å². The third-order valence-corrected chi connectivity index (χ3v) is 9.13. The smallest absolute Gasteiger partial charge is 0.0497 e. The fourth-order valence-corrected chi connectivity index (χ4v) is 7.17. The molecule has 0 radical (unpaired) electrons. The standard InChI is InChI=1S/C13H24O.C11H20O/c1-4-5-14-8-12-6-11-7-13(12)10(3)9(11)2;1-7-8(2)11-5-9(7)4-10(11)6-12-3/h9-13H,4-8H2,1-3H3;7-11H,4-6H2,1-3H3. The van der Waals surface area contributed by atoms with Gasteiger partial charge in [-0.25, -0.2) is 0 Å². The van der Waals surface area contributed by atoms with Crippen molar-refractivity contribution in [1.29, 1.82) is 0 Å². The molecule has 26 heavy (non-hydrogen) atoms. The van der Waals surface area contributed by atoms with Gasteiger partial charge in [0.1, 0.15) is 0 Å². The van der Waals surface area contributed by atoms with Crippen molar-refractivity contribution in [3.63, 3.8) is 0 Å². The molecule has 4 rings (SSSR count). The van der Waals surface area contributed by atoms with Crippen LogP contribution in [-0.4, -0.2) is 26.9 Å². The molecule has 0 spiro atoms. The van der Waals surface area contributed by atoms with E-state index in [1.54, 1.807) is 0 Å². The van der Waals surface area contributed by atoms with Crippen LogP contribution in [0, 0.1) is 59.2 Å². The Kier molecular flexibility index (Phi) is 7.11. The van der Waals surface area contributed by atoms with Crippen LogP contribution in [0.15, 0.2) is 0 Å². The molecule has 4 fully saturated rings. The van der Waals surface area contributed by atoms with E-state index in [2.05, 4.69) is 34.6 Å². The van der Waals surface area contributed by atoms with Gasteiger partial charge in [0.05, 0.1) is 0 Å². The first-order valence-electron chi connectivity index (χ1n) is 11.5. The molecule has 4 aliphatic rings. The average molecular weight is 365 g/mol. The van der Waals surface area contributed by atoms with Crippen LogP contribution in [0.1, 0.15) is 66.7 Å². The van der Waals surface area contributed by atoms with Crippen LogP contribution in [-0.2, 0) is 9.47 Å². The van der Waals surface area contributed by atoms with E-state index in [9.17, 15) is 0 Å². The van der Waals surface area contributed by atoms with E-state index in [0.29, 0.717) is 0 Å². The van der Waals surface area contributed by atoms with Crippen LogP contribution in [0.4, 0.5) is 0 Å². The van der Waals surface area contributed by atoms with Gasteiger partial charge in [0.25, 0.3) is 0 Å². The zero-order valence-electron chi connectivity index (χ0n) is 18.2. The monoisotopic (exact) mass is 364 g/mol. The minimum atomic E-state index is 0.881. The van der Waals surface area contributed by atoms with Gasteiger partial charge in [0, 0.05) is 26.9 Å². The Bertz CT molecular complexity index is 432. The number of methoxy groups -OCH3 is 1. The lowest BCUT2D eigenvalue weighted by Gasteiger charge is -2.31. The summed E-state index contributed by atoms with van der Waals surface area (Å²) in [4.78, 5) is 0. The molecule has 152 valence electrons. The van der Waals surface area contributed by atoms with Crippen molar-refractivity contribution in [2.75, 3.05) is 26.9 Å². The molecule has 10 unspecified atom stereocenters. The van der Waals surface area contributed by atoms with Crippen LogP contribution in [0.5, 0.6) is 0 Å². The molecular formula is C24H44O2. The molecule has 0 N–H and O–H groups in total. The summed E-state index contributed by atoms with van der Waals surface area (Å²) >= 11 is 0. The molecule has 0 aromatic carbocycles. The van der Waals surface area contributed by atoms with E-state index in [1.165, 1.54) is 25.7 Å². The third-order valence-electron chi connectivity index (χ3n) is 9.13. The summed E-state index contributed by atoms with van der Waals surface area (Å²) in [5.74, 6) is 9.61. The molecule has 10 atom stereocenters. The van der Waals surface area contributed by atoms with Crippen molar-refractivity contribution in [2.45, 2.75) is 66.7 Å². The number of ether oxygens (including phenoxy) is 2. The third kappa shape index (κ3) is 4.02. The highest BCUT2D eigenvalue weighted by molar-refractivity contribution is 4.98. The second kappa shape index (κ2) is 8.95. The summed E-state index contributed by atoms with van der Waals surface area (Å²) in [6.45, 7) is 14.9. The van der Waals surface area contributed by atoms with Gasteiger partial charge in [-0.05, 0) is 91.3 Å². The molecule has 0 heterocycles. The number of fused-ring (bicyclic) bond motifs is 4. The maximum atomic E-state index is 5.70.